The van der Waals surface area contributed by atoms with Crippen molar-refractivity contribution in [1.29, 1.82) is 0 Å². The molecule has 0 radical (unpaired) electrons. The van der Waals surface area contributed by atoms with Gasteiger partial charge in [-0.3, -0.25) is 0 Å². The van der Waals surface area contributed by atoms with E-state index >= 15 is 0 Å². The monoisotopic (exact) mass is 133 g/mol. The van der Waals surface area contributed by atoms with E-state index in [-0.39, 0.29) is 12.4 Å². The van der Waals surface area contributed by atoms with Crippen LogP contribution in [0.2, 0.25) is 0 Å². The van der Waals surface area contributed by atoms with Gasteiger partial charge in [0.05, 0.1) is 0 Å². The first kappa shape index (κ1) is 6.37. The van der Waals surface area contributed by atoms with Gasteiger partial charge in [-0.25, -0.2) is 0 Å². The fourth-order valence-electron chi connectivity index (χ4n) is 1.99. The molecule has 2 heteroatoms. The second-order valence-corrected chi connectivity index (χ2v) is 3.18. The molecule has 3 saturated carbocycles. The molecule has 1 nitrogen and oxygen atoms in total. The Morgan fingerprint density at radius 2 is 2.00 bits per heavy atom. The predicted octanol–water partition coefficient (Wildman–Crippen LogP) is 1.31. The van der Waals surface area contributed by atoms with Gasteiger partial charge in [0.15, 0.2) is 0 Å². The molecule has 3 aliphatic rings. The Balaban J connectivity index is 0.000000320. The zero-order valence-corrected chi connectivity index (χ0v) is 5.71. The fraction of sp³-hybridized carbons (Fsp3) is 1.00. The zero-order valence-electron chi connectivity index (χ0n) is 4.89. The summed E-state index contributed by atoms with van der Waals surface area (Å²) in [4.78, 5) is 0. The van der Waals surface area contributed by atoms with Crippen molar-refractivity contribution >= 4 is 12.4 Å². The van der Waals surface area contributed by atoms with Gasteiger partial charge in [0.2, 0.25) is 0 Å². The van der Waals surface area contributed by atoms with Crippen LogP contribution in [-0.2, 0) is 0 Å². The Morgan fingerprint density at radius 3 is 2.12 bits per heavy atom. The van der Waals surface area contributed by atoms with Gasteiger partial charge in [-0.1, -0.05) is 0 Å². The van der Waals surface area contributed by atoms with Crippen LogP contribution in [-0.4, -0.2) is 5.54 Å². The Labute approximate surface area is 56.0 Å². The highest BCUT2D eigenvalue weighted by Gasteiger charge is 2.46. The van der Waals surface area contributed by atoms with E-state index < -0.39 is 0 Å². The van der Waals surface area contributed by atoms with E-state index in [4.69, 9.17) is 5.73 Å². The first-order valence-corrected chi connectivity index (χ1v) is 3.07. The predicted molar refractivity (Wildman–Crippen MR) is 36.1 cm³/mol. The van der Waals surface area contributed by atoms with Crippen molar-refractivity contribution in [2.24, 2.45) is 11.7 Å². The van der Waals surface area contributed by atoms with Crippen molar-refractivity contribution < 1.29 is 0 Å². The van der Waals surface area contributed by atoms with Crippen molar-refractivity contribution in [3.05, 3.63) is 0 Å². The quantitative estimate of drug-likeness (QED) is 0.530. The summed E-state index contributed by atoms with van der Waals surface area (Å²) < 4.78 is 0. The van der Waals surface area contributed by atoms with E-state index in [1.165, 1.54) is 25.7 Å². The van der Waals surface area contributed by atoms with E-state index in [9.17, 15) is 0 Å². The highest BCUT2D eigenvalue weighted by molar-refractivity contribution is 5.85. The van der Waals surface area contributed by atoms with E-state index in [1.54, 1.807) is 0 Å². The maximum atomic E-state index is 5.84. The number of halogens is 1. The van der Waals surface area contributed by atoms with E-state index in [1.807, 2.05) is 0 Å². The molecule has 0 aromatic heterocycles. The van der Waals surface area contributed by atoms with Gasteiger partial charge in [-0.2, -0.15) is 0 Å². The summed E-state index contributed by atoms with van der Waals surface area (Å²) in [6.07, 6.45) is 5.37. The average molecular weight is 134 g/mol. The lowest BCUT2D eigenvalue weighted by molar-refractivity contribution is 0.248. The molecule has 0 aliphatic heterocycles. The molecule has 0 atom stereocenters. The van der Waals surface area contributed by atoms with Crippen LogP contribution in [0.5, 0.6) is 0 Å². The van der Waals surface area contributed by atoms with Crippen LogP contribution in [0, 0.1) is 5.92 Å². The molecular formula is C6H12ClN. The summed E-state index contributed by atoms with van der Waals surface area (Å²) >= 11 is 0. The van der Waals surface area contributed by atoms with E-state index in [0.717, 1.165) is 5.92 Å². The minimum atomic E-state index is 0. The van der Waals surface area contributed by atoms with Crippen molar-refractivity contribution in [3.8, 4) is 0 Å². The SMILES string of the molecule is Cl.NC12CCC(C1)C2. The summed E-state index contributed by atoms with van der Waals surface area (Å²) in [5, 5.41) is 0. The Hall–Kier alpha value is 0.250. The van der Waals surface area contributed by atoms with Crippen LogP contribution in [0.1, 0.15) is 25.7 Å². The van der Waals surface area contributed by atoms with Gasteiger partial charge in [0.25, 0.3) is 0 Å². The highest BCUT2D eigenvalue weighted by atomic mass is 35.5. The van der Waals surface area contributed by atoms with Crippen LogP contribution in [0.3, 0.4) is 0 Å². The molecule has 0 aromatic carbocycles. The molecule has 3 aliphatic carbocycles. The van der Waals surface area contributed by atoms with Gasteiger partial charge in [0.1, 0.15) is 0 Å². The molecule has 2 N–H and O–H groups in total. The van der Waals surface area contributed by atoms with Crippen molar-refractivity contribution in [3.63, 3.8) is 0 Å². The molecule has 0 spiro atoms. The van der Waals surface area contributed by atoms with Crippen LogP contribution < -0.4 is 5.73 Å². The molecular weight excluding hydrogens is 122 g/mol. The van der Waals surface area contributed by atoms with Gasteiger partial charge in [0, 0.05) is 5.54 Å². The first-order chi connectivity index (χ1) is 3.29. The van der Waals surface area contributed by atoms with Gasteiger partial charge in [-0.15, -0.1) is 12.4 Å². The zero-order chi connectivity index (χ0) is 4.91. The van der Waals surface area contributed by atoms with Crippen molar-refractivity contribution in [2.75, 3.05) is 0 Å². The summed E-state index contributed by atoms with van der Waals surface area (Å²) in [6, 6.07) is 0. The third-order valence-electron chi connectivity index (χ3n) is 2.44. The number of hydrogen-bond donors (Lipinski definition) is 1. The second-order valence-electron chi connectivity index (χ2n) is 3.18. The van der Waals surface area contributed by atoms with Crippen LogP contribution in [0.4, 0.5) is 0 Å². The topological polar surface area (TPSA) is 26.0 Å². The highest BCUT2D eigenvalue weighted by Crippen LogP contribution is 2.49. The molecule has 0 unspecified atom stereocenters. The largest absolute Gasteiger partial charge is 0.325 e. The minimum Gasteiger partial charge on any atom is -0.325 e. The first-order valence-electron chi connectivity index (χ1n) is 3.07. The van der Waals surface area contributed by atoms with E-state index in [2.05, 4.69) is 0 Å². The smallest absolute Gasteiger partial charge is 0.0159 e. The average Bonchev–Trinajstić information content (AvgIpc) is 1.88. The van der Waals surface area contributed by atoms with Crippen LogP contribution in [0.15, 0.2) is 0 Å². The Kier molecular flexibility index (Phi) is 1.28. The molecule has 2 bridgehead atoms. The lowest BCUT2D eigenvalue weighted by Gasteiger charge is -2.33. The Morgan fingerprint density at radius 1 is 1.38 bits per heavy atom. The molecule has 48 valence electrons. The van der Waals surface area contributed by atoms with Gasteiger partial charge < -0.3 is 5.73 Å². The maximum absolute atomic E-state index is 5.84. The molecule has 0 aromatic rings. The summed E-state index contributed by atoms with van der Waals surface area (Å²) in [6.45, 7) is 0. The molecule has 3 rings (SSSR count). The number of rotatable bonds is 0. The van der Waals surface area contributed by atoms with Gasteiger partial charge in [-0.05, 0) is 31.6 Å². The number of fused-ring (bicyclic) bond motifs is 1. The van der Waals surface area contributed by atoms with E-state index in [0.29, 0.717) is 5.54 Å². The number of hydrogen-bond acceptors (Lipinski definition) is 1. The summed E-state index contributed by atoms with van der Waals surface area (Å²) in [5.41, 5.74) is 6.18. The normalized spacial score (nSPS) is 49.9. The molecule has 8 heavy (non-hydrogen) atoms. The summed E-state index contributed by atoms with van der Waals surface area (Å²) in [7, 11) is 0. The van der Waals surface area contributed by atoms with Crippen LogP contribution in [0.25, 0.3) is 0 Å². The molecule has 0 heterocycles. The Bertz CT molecular complexity index is 91.2. The van der Waals surface area contributed by atoms with Gasteiger partial charge >= 0.3 is 0 Å². The fourth-order valence-corrected chi connectivity index (χ4v) is 1.99. The second kappa shape index (κ2) is 1.61. The van der Waals surface area contributed by atoms with Crippen LogP contribution >= 0.6 is 12.4 Å². The molecule has 0 saturated heterocycles. The third-order valence-corrected chi connectivity index (χ3v) is 2.44. The number of nitrogens with two attached hydrogens (primary N) is 1. The minimum absolute atomic E-state index is 0. The third kappa shape index (κ3) is 0.652. The standard InChI is InChI=1S/C6H11N.ClH/c7-6-2-1-5(3-6)4-6;/h5H,1-4,7H2;1H. The lowest BCUT2D eigenvalue weighted by atomic mass is 9.78. The van der Waals surface area contributed by atoms with Crippen molar-refractivity contribution in [2.45, 2.75) is 31.2 Å². The molecule has 0 amide bonds. The maximum Gasteiger partial charge on any atom is 0.0159 e. The van der Waals surface area contributed by atoms with Crippen molar-refractivity contribution in [1.82, 2.24) is 0 Å². The molecule has 3 fully saturated rings. The lowest BCUT2D eigenvalue weighted by Crippen LogP contribution is -2.44. The summed E-state index contributed by atoms with van der Waals surface area (Å²) in [5.74, 6) is 1.03.